The Balaban J connectivity index is 2.32. The minimum Gasteiger partial charge on any atom is -0.477 e. The second-order valence-corrected chi connectivity index (χ2v) is 6.92. The largest absolute Gasteiger partial charge is 0.477 e. The van der Waals surface area contributed by atoms with Gasteiger partial charge in [0.1, 0.15) is 9.71 Å². The highest BCUT2D eigenvalue weighted by molar-refractivity contribution is 9.10. The van der Waals surface area contributed by atoms with Gasteiger partial charge in [0, 0.05) is 9.86 Å². The van der Waals surface area contributed by atoms with E-state index in [0.29, 0.717) is 4.88 Å². The summed E-state index contributed by atoms with van der Waals surface area (Å²) in [5.41, 5.74) is 1.83. The molecule has 0 fully saturated rings. The minimum atomic E-state index is -0.899. The summed E-state index contributed by atoms with van der Waals surface area (Å²) in [4.78, 5) is 12.4. The summed E-state index contributed by atoms with van der Waals surface area (Å²) >= 11 is 4.78. The number of carbonyl (C=O) groups is 1. The van der Waals surface area contributed by atoms with E-state index in [0.717, 1.165) is 26.1 Å². The molecule has 1 N–H and O–H groups in total. The number of carboxylic acids is 1. The number of hydrogen-bond acceptors (Lipinski definition) is 3. The van der Waals surface area contributed by atoms with Gasteiger partial charge in [0.15, 0.2) is 0 Å². The predicted octanol–water partition coefficient (Wildman–Crippen LogP) is 4.67. The molecule has 0 atom stereocenters. The van der Waals surface area contributed by atoms with Crippen LogP contribution in [0.5, 0.6) is 0 Å². The summed E-state index contributed by atoms with van der Waals surface area (Å²) in [6.07, 6.45) is 0. The summed E-state index contributed by atoms with van der Waals surface area (Å²) in [5.74, 6) is -0.669. The first-order valence-electron chi connectivity index (χ1n) is 6.49. The van der Waals surface area contributed by atoms with Crippen LogP contribution < -0.4 is 0 Å². The van der Waals surface area contributed by atoms with Crippen LogP contribution in [0.3, 0.4) is 0 Å². The normalized spacial score (nSPS) is 11.4. The van der Waals surface area contributed by atoms with Gasteiger partial charge >= 0.3 is 5.97 Å². The Morgan fingerprint density at radius 3 is 2.71 bits per heavy atom. The van der Waals surface area contributed by atoms with Crippen LogP contribution in [0.25, 0.3) is 15.9 Å². The van der Waals surface area contributed by atoms with Crippen LogP contribution in [0.1, 0.15) is 35.1 Å². The van der Waals surface area contributed by atoms with E-state index in [2.05, 4.69) is 34.9 Å². The molecule has 2 aromatic heterocycles. The van der Waals surface area contributed by atoms with Gasteiger partial charge in [-0.1, -0.05) is 26.0 Å². The second kappa shape index (κ2) is 5.27. The molecule has 0 amide bonds. The van der Waals surface area contributed by atoms with Crippen molar-refractivity contribution in [2.75, 3.05) is 0 Å². The number of carboxylic acid groups (broad SMARTS) is 1. The van der Waals surface area contributed by atoms with Crippen LogP contribution in [0, 0.1) is 0 Å². The first kappa shape index (κ1) is 14.3. The van der Waals surface area contributed by atoms with E-state index in [-0.39, 0.29) is 5.92 Å². The zero-order chi connectivity index (χ0) is 15.1. The lowest BCUT2D eigenvalue weighted by atomic mass is 10.1. The fourth-order valence-electron chi connectivity index (χ4n) is 2.25. The number of aromatic carboxylic acids is 1. The molecule has 0 aliphatic rings. The number of nitrogens with zero attached hydrogens (tertiary/aromatic N) is 2. The lowest BCUT2D eigenvalue weighted by molar-refractivity contribution is 0.0702. The molecule has 0 aliphatic carbocycles. The first-order chi connectivity index (χ1) is 9.99. The summed E-state index contributed by atoms with van der Waals surface area (Å²) in [6.45, 7) is 4.12. The predicted molar refractivity (Wildman–Crippen MR) is 87.7 cm³/mol. The number of hydrogen-bond donors (Lipinski definition) is 1. The maximum atomic E-state index is 11.2. The van der Waals surface area contributed by atoms with E-state index < -0.39 is 5.97 Å². The Bertz CT molecular complexity index is 835. The van der Waals surface area contributed by atoms with Crippen molar-refractivity contribution in [3.8, 4) is 5.69 Å². The molecule has 108 valence electrons. The number of para-hydroxylation sites is 1. The van der Waals surface area contributed by atoms with E-state index in [9.17, 15) is 9.90 Å². The Morgan fingerprint density at radius 2 is 2.10 bits per heavy atom. The van der Waals surface area contributed by atoms with E-state index in [4.69, 9.17) is 0 Å². The summed E-state index contributed by atoms with van der Waals surface area (Å²) in [6, 6.07) is 9.51. The van der Waals surface area contributed by atoms with Crippen molar-refractivity contribution in [2.24, 2.45) is 0 Å². The molecule has 3 rings (SSSR count). The van der Waals surface area contributed by atoms with Gasteiger partial charge in [0.2, 0.25) is 0 Å². The molecule has 0 aliphatic heterocycles. The summed E-state index contributed by atoms with van der Waals surface area (Å²) in [5, 5.41) is 14.8. The SMILES string of the molecule is CC(C)c1nn(-c2ccccc2Br)c2sc(C(=O)O)cc12. The zero-order valence-corrected chi connectivity index (χ0v) is 13.9. The van der Waals surface area contributed by atoms with Crippen LogP contribution in [0.15, 0.2) is 34.8 Å². The molecule has 0 bridgehead atoms. The average molecular weight is 365 g/mol. The molecule has 0 spiro atoms. The Hall–Kier alpha value is -1.66. The standard InChI is InChI=1S/C15H13BrN2O2S/c1-8(2)13-9-7-12(15(19)20)21-14(9)18(17-13)11-6-4-3-5-10(11)16/h3-8H,1-2H3,(H,19,20). The number of fused-ring (bicyclic) bond motifs is 1. The number of halogens is 1. The molecule has 6 heteroatoms. The van der Waals surface area contributed by atoms with Gasteiger partial charge in [-0.3, -0.25) is 0 Å². The molecule has 4 nitrogen and oxygen atoms in total. The Morgan fingerprint density at radius 1 is 1.38 bits per heavy atom. The van der Waals surface area contributed by atoms with Crippen molar-refractivity contribution in [1.82, 2.24) is 9.78 Å². The molecule has 2 heterocycles. The van der Waals surface area contributed by atoms with Gasteiger partial charge < -0.3 is 5.11 Å². The molecule has 0 unspecified atom stereocenters. The molecular weight excluding hydrogens is 352 g/mol. The lowest BCUT2D eigenvalue weighted by Crippen LogP contribution is -1.99. The van der Waals surface area contributed by atoms with E-state index in [1.807, 2.05) is 28.9 Å². The second-order valence-electron chi connectivity index (χ2n) is 5.04. The van der Waals surface area contributed by atoms with Gasteiger partial charge in [-0.2, -0.15) is 5.10 Å². The van der Waals surface area contributed by atoms with E-state index in [1.165, 1.54) is 11.3 Å². The highest BCUT2D eigenvalue weighted by Gasteiger charge is 2.20. The van der Waals surface area contributed by atoms with Crippen LogP contribution in [0.2, 0.25) is 0 Å². The molecule has 0 saturated carbocycles. The maximum Gasteiger partial charge on any atom is 0.345 e. The fraction of sp³-hybridized carbons (Fsp3) is 0.200. The average Bonchev–Trinajstić information content (AvgIpc) is 2.98. The molecule has 3 aromatic rings. The number of thiophene rings is 1. The summed E-state index contributed by atoms with van der Waals surface area (Å²) < 4.78 is 2.75. The highest BCUT2D eigenvalue weighted by atomic mass is 79.9. The highest BCUT2D eigenvalue weighted by Crippen LogP contribution is 2.35. The van der Waals surface area contributed by atoms with Crippen LogP contribution in [0.4, 0.5) is 0 Å². The summed E-state index contributed by atoms with van der Waals surface area (Å²) in [7, 11) is 0. The monoisotopic (exact) mass is 364 g/mol. The minimum absolute atomic E-state index is 0.229. The molecule has 0 radical (unpaired) electrons. The lowest BCUT2D eigenvalue weighted by Gasteiger charge is -2.05. The zero-order valence-electron chi connectivity index (χ0n) is 11.5. The van der Waals surface area contributed by atoms with Crippen molar-refractivity contribution in [1.29, 1.82) is 0 Å². The van der Waals surface area contributed by atoms with Gasteiger partial charge in [0.25, 0.3) is 0 Å². The van der Waals surface area contributed by atoms with Gasteiger partial charge in [-0.05, 0) is 40.0 Å². The maximum absolute atomic E-state index is 11.2. The third-order valence-corrected chi connectivity index (χ3v) is 5.00. The quantitative estimate of drug-likeness (QED) is 0.734. The van der Waals surface area contributed by atoms with Gasteiger partial charge in [-0.15, -0.1) is 11.3 Å². The molecule has 1 aromatic carbocycles. The van der Waals surface area contributed by atoms with E-state index >= 15 is 0 Å². The number of benzene rings is 1. The fourth-order valence-corrected chi connectivity index (χ4v) is 3.67. The molecule has 0 saturated heterocycles. The van der Waals surface area contributed by atoms with E-state index in [1.54, 1.807) is 6.07 Å². The van der Waals surface area contributed by atoms with Crippen molar-refractivity contribution < 1.29 is 9.90 Å². The first-order valence-corrected chi connectivity index (χ1v) is 8.10. The molecular formula is C15H13BrN2O2S. The van der Waals surface area contributed by atoms with Crippen molar-refractivity contribution in [3.05, 3.63) is 45.4 Å². The van der Waals surface area contributed by atoms with Crippen molar-refractivity contribution in [3.63, 3.8) is 0 Å². The smallest absolute Gasteiger partial charge is 0.345 e. The number of rotatable bonds is 3. The van der Waals surface area contributed by atoms with Crippen LogP contribution >= 0.6 is 27.3 Å². The van der Waals surface area contributed by atoms with Crippen LogP contribution in [-0.4, -0.2) is 20.9 Å². The third kappa shape index (κ3) is 2.38. The Labute approximate surface area is 134 Å². The topological polar surface area (TPSA) is 55.1 Å². The molecule has 21 heavy (non-hydrogen) atoms. The van der Waals surface area contributed by atoms with Crippen molar-refractivity contribution >= 4 is 43.5 Å². The van der Waals surface area contributed by atoms with Gasteiger partial charge in [0.05, 0.1) is 11.4 Å². The van der Waals surface area contributed by atoms with Gasteiger partial charge in [-0.25, -0.2) is 9.48 Å². The van der Waals surface area contributed by atoms with Crippen LogP contribution in [-0.2, 0) is 0 Å². The third-order valence-electron chi connectivity index (χ3n) is 3.23. The van der Waals surface area contributed by atoms with Crippen molar-refractivity contribution in [2.45, 2.75) is 19.8 Å². The Kier molecular flexibility index (Phi) is 3.59. The number of aromatic nitrogens is 2.